The molecule has 0 radical (unpaired) electrons. The van der Waals surface area contributed by atoms with Crippen molar-refractivity contribution in [3.8, 4) is 6.07 Å². The summed E-state index contributed by atoms with van der Waals surface area (Å²) < 4.78 is 0.800. The van der Waals surface area contributed by atoms with Gasteiger partial charge in [-0.2, -0.15) is 5.26 Å². The van der Waals surface area contributed by atoms with Crippen LogP contribution in [0, 0.1) is 11.3 Å². The fourth-order valence-corrected chi connectivity index (χ4v) is 3.09. The van der Waals surface area contributed by atoms with Gasteiger partial charge in [0.1, 0.15) is 6.07 Å². The largest absolute Gasteiger partial charge is 0.478 e. The first-order valence-corrected chi connectivity index (χ1v) is 6.92. The van der Waals surface area contributed by atoms with Gasteiger partial charge in [0.2, 0.25) is 0 Å². The minimum absolute atomic E-state index is 0.223. The highest BCUT2D eigenvalue weighted by Crippen LogP contribution is 2.34. The van der Waals surface area contributed by atoms with Gasteiger partial charge in [-0.1, -0.05) is 39.8 Å². The van der Waals surface area contributed by atoms with E-state index in [0.29, 0.717) is 10.5 Å². The second-order valence-electron chi connectivity index (χ2n) is 3.66. The quantitative estimate of drug-likeness (QED) is 0.915. The molecular formula is C14H8BrNO2S. The van der Waals surface area contributed by atoms with Crippen molar-refractivity contribution in [2.75, 3.05) is 0 Å². The Morgan fingerprint density at radius 3 is 2.63 bits per heavy atom. The lowest BCUT2D eigenvalue weighted by molar-refractivity contribution is 0.0693. The van der Waals surface area contributed by atoms with Crippen LogP contribution in [0.3, 0.4) is 0 Å². The number of carbonyl (C=O) groups is 1. The lowest BCUT2D eigenvalue weighted by Gasteiger charge is -2.07. The molecule has 0 saturated heterocycles. The third kappa shape index (κ3) is 3.16. The summed E-state index contributed by atoms with van der Waals surface area (Å²) in [6, 6.07) is 14.2. The summed E-state index contributed by atoms with van der Waals surface area (Å²) in [6.45, 7) is 0. The van der Waals surface area contributed by atoms with Crippen molar-refractivity contribution in [1.29, 1.82) is 5.26 Å². The Hall–Kier alpha value is -1.77. The van der Waals surface area contributed by atoms with E-state index in [-0.39, 0.29) is 5.56 Å². The molecular weight excluding hydrogens is 326 g/mol. The third-order valence-electron chi connectivity index (χ3n) is 2.40. The van der Waals surface area contributed by atoms with E-state index in [1.807, 2.05) is 6.07 Å². The normalized spacial score (nSPS) is 9.89. The molecule has 1 N–H and O–H groups in total. The number of carboxylic acid groups (broad SMARTS) is 1. The second-order valence-corrected chi connectivity index (χ2v) is 5.66. The number of aromatic carboxylic acids is 1. The summed E-state index contributed by atoms with van der Waals surface area (Å²) in [6.07, 6.45) is 0. The Bertz CT molecular complexity index is 679. The molecule has 19 heavy (non-hydrogen) atoms. The lowest BCUT2D eigenvalue weighted by atomic mass is 10.2. The fourth-order valence-electron chi connectivity index (χ4n) is 1.52. The summed E-state index contributed by atoms with van der Waals surface area (Å²) in [5, 5.41) is 18.2. The van der Waals surface area contributed by atoms with Crippen LogP contribution >= 0.6 is 27.7 Å². The molecule has 0 atom stereocenters. The van der Waals surface area contributed by atoms with E-state index in [1.54, 1.807) is 36.4 Å². The summed E-state index contributed by atoms with van der Waals surface area (Å²) in [4.78, 5) is 12.5. The maximum Gasteiger partial charge on any atom is 0.336 e. The zero-order valence-corrected chi connectivity index (χ0v) is 12.0. The predicted octanol–water partition coefficient (Wildman–Crippen LogP) is 4.17. The van der Waals surface area contributed by atoms with Crippen molar-refractivity contribution >= 4 is 33.7 Å². The number of halogens is 1. The molecule has 2 rings (SSSR count). The zero-order valence-electron chi connectivity index (χ0n) is 9.63. The van der Waals surface area contributed by atoms with Crippen LogP contribution in [-0.2, 0) is 0 Å². The van der Waals surface area contributed by atoms with Crippen molar-refractivity contribution in [3.05, 3.63) is 58.1 Å². The van der Waals surface area contributed by atoms with Gasteiger partial charge < -0.3 is 5.11 Å². The number of rotatable bonds is 3. The van der Waals surface area contributed by atoms with Gasteiger partial charge in [0, 0.05) is 14.3 Å². The van der Waals surface area contributed by atoms with Crippen molar-refractivity contribution in [2.45, 2.75) is 9.79 Å². The van der Waals surface area contributed by atoms with E-state index in [1.165, 1.54) is 11.8 Å². The van der Waals surface area contributed by atoms with Crippen LogP contribution in [0.4, 0.5) is 0 Å². The van der Waals surface area contributed by atoms with E-state index < -0.39 is 5.97 Å². The number of hydrogen-bond acceptors (Lipinski definition) is 3. The molecule has 0 bridgehead atoms. The third-order valence-corrected chi connectivity index (χ3v) is 4.03. The molecule has 0 heterocycles. The minimum Gasteiger partial charge on any atom is -0.478 e. The SMILES string of the molecule is N#Cc1ccccc1Sc1cc(Br)ccc1C(=O)O. The maximum absolute atomic E-state index is 11.2. The highest BCUT2D eigenvalue weighted by Gasteiger charge is 2.13. The van der Waals surface area contributed by atoms with Crippen molar-refractivity contribution in [2.24, 2.45) is 0 Å². The van der Waals surface area contributed by atoms with Gasteiger partial charge in [-0.3, -0.25) is 0 Å². The molecule has 0 fully saturated rings. The molecule has 5 heteroatoms. The molecule has 94 valence electrons. The number of hydrogen-bond donors (Lipinski definition) is 1. The Morgan fingerprint density at radius 2 is 1.95 bits per heavy atom. The second kappa shape index (κ2) is 5.91. The van der Waals surface area contributed by atoms with Crippen LogP contribution in [0.5, 0.6) is 0 Å². The molecule has 0 amide bonds. The van der Waals surface area contributed by atoms with Gasteiger partial charge in [0.15, 0.2) is 0 Å². The summed E-state index contributed by atoms with van der Waals surface area (Å²) in [5.41, 5.74) is 0.754. The van der Waals surface area contributed by atoms with Crippen LogP contribution in [-0.4, -0.2) is 11.1 Å². The van der Waals surface area contributed by atoms with Gasteiger partial charge in [0.25, 0.3) is 0 Å². The predicted molar refractivity (Wildman–Crippen MR) is 76.4 cm³/mol. The molecule has 0 aliphatic carbocycles. The molecule has 0 saturated carbocycles. The Morgan fingerprint density at radius 1 is 1.21 bits per heavy atom. The van der Waals surface area contributed by atoms with Crippen LogP contribution in [0.25, 0.3) is 0 Å². The number of nitriles is 1. The van der Waals surface area contributed by atoms with Gasteiger partial charge in [-0.25, -0.2) is 4.79 Å². The van der Waals surface area contributed by atoms with E-state index in [0.717, 1.165) is 9.37 Å². The fraction of sp³-hybridized carbons (Fsp3) is 0. The summed E-state index contributed by atoms with van der Waals surface area (Å²) in [7, 11) is 0. The summed E-state index contributed by atoms with van der Waals surface area (Å²) in [5.74, 6) is -0.982. The smallest absolute Gasteiger partial charge is 0.336 e. The number of nitrogens with zero attached hydrogens (tertiary/aromatic N) is 1. The van der Waals surface area contributed by atoms with Gasteiger partial charge >= 0.3 is 5.97 Å². The van der Waals surface area contributed by atoms with E-state index in [4.69, 9.17) is 10.4 Å². The topological polar surface area (TPSA) is 61.1 Å². The summed E-state index contributed by atoms with van der Waals surface area (Å²) >= 11 is 4.60. The molecule has 2 aromatic carbocycles. The standard InChI is InChI=1S/C14H8BrNO2S/c15-10-5-6-11(14(17)18)13(7-10)19-12-4-2-1-3-9(12)8-16/h1-7H,(H,17,18). The monoisotopic (exact) mass is 333 g/mol. The van der Waals surface area contributed by atoms with Crippen molar-refractivity contribution in [1.82, 2.24) is 0 Å². The zero-order chi connectivity index (χ0) is 13.8. The Labute approximate surface area is 123 Å². The van der Waals surface area contributed by atoms with Crippen LogP contribution < -0.4 is 0 Å². The Kier molecular flexibility index (Phi) is 4.25. The lowest BCUT2D eigenvalue weighted by Crippen LogP contribution is -1.98. The van der Waals surface area contributed by atoms with Crippen molar-refractivity contribution in [3.63, 3.8) is 0 Å². The molecule has 0 aromatic heterocycles. The van der Waals surface area contributed by atoms with E-state index in [2.05, 4.69) is 22.0 Å². The number of benzene rings is 2. The molecule has 2 aromatic rings. The molecule has 0 aliphatic heterocycles. The first-order valence-electron chi connectivity index (χ1n) is 5.31. The minimum atomic E-state index is -0.982. The highest BCUT2D eigenvalue weighted by molar-refractivity contribution is 9.10. The van der Waals surface area contributed by atoms with Gasteiger partial charge in [0.05, 0.1) is 11.1 Å². The average molecular weight is 334 g/mol. The molecule has 3 nitrogen and oxygen atoms in total. The highest BCUT2D eigenvalue weighted by atomic mass is 79.9. The first kappa shape index (κ1) is 13.7. The molecule has 0 unspecified atom stereocenters. The van der Waals surface area contributed by atoms with E-state index >= 15 is 0 Å². The molecule has 0 spiro atoms. The van der Waals surface area contributed by atoms with E-state index in [9.17, 15) is 4.79 Å². The van der Waals surface area contributed by atoms with Crippen LogP contribution in [0.15, 0.2) is 56.7 Å². The van der Waals surface area contributed by atoms with Crippen LogP contribution in [0.1, 0.15) is 15.9 Å². The molecule has 0 aliphatic rings. The first-order chi connectivity index (χ1) is 9.11. The Balaban J connectivity index is 2.46. The van der Waals surface area contributed by atoms with Gasteiger partial charge in [-0.05, 0) is 30.3 Å². The number of carboxylic acids is 1. The van der Waals surface area contributed by atoms with Crippen LogP contribution in [0.2, 0.25) is 0 Å². The van der Waals surface area contributed by atoms with Gasteiger partial charge in [-0.15, -0.1) is 0 Å². The maximum atomic E-state index is 11.2. The average Bonchev–Trinajstić information content (AvgIpc) is 2.39. The van der Waals surface area contributed by atoms with Crippen molar-refractivity contribution < 1.29 is 9.90 Å².